The van der Waals surface area contributed by atoms with Crippen molar-refractivity contribution in [1.82, 2.24) is 39.4 Å². The van der Waals surface area contributed by atoms with E-state index in [2.05, 4.69) is 20.3 Å². The first-order valence-electron chi connectivity index (χ1n) is 16.4. The van der Waals surface area contributed by atoms with Gasteiger partial charge in [-0.3, -0.25) is 28.6 Å². The number of rotatable bonds is 11. The highest BCUT2D eigenvalue weighted by atomic mass is 35.5. The molecule has 2 amide bonds. The Morgan fingerprint density at radius 1 is 0.661 bits per heavy atom. The van der Waals surface area contributed by atoms with Crippen LogP contribution in [0.4, 0.5) is 0 Å². The van der Waals surface area contributed by atoms with E-state index in [0.717, 1.165) is 0 Å². The van der Waals surface area contributed by atoms with Gasteiger partial charge in [0.15, 0.2) is 23.1 Å². The number of carbonyl (C=O) groups is 2. The maximum Gasteiger partial charge on any atom is 0.439 e. The Morgan fingerprint density at radius 2 is 1.07 bits per heavy atom. The zero-order valence-corrected chi connectivity index (χ0v) is 30.6. The summed E-state index contributed by atoms with van der Waals surface area (Å²) in [6.07, 6.45) is 0. The number of imidazole rings is 2. The van der Waals surface area contributed by atoms with Gasteiger partial charge in [-0.1, -0.05) is 33.5 Å². The molecule has 0 aliphatic rings. The third kappa shape index (κ3) is 6.02. The fourth-order valence-electron chi connectivity index (χ4n) is 6.71. The molecule has 4 heterocycles. The lowest BCUT2D eigenvalue weighted by Gasteiger charge is -2.16. The first kappa shape index (κ1) is 35.8. The standard InChI is InChI=1S/C36H26Cl2N10O8/c1-53-27-19(29(39)49)7-9-23-25(27)41-33(17-5-3-15(37)13-21(17)31-43-35(51)55-45-31)47(23)11-12-48-24-10-8-20(30(40)50)28(54-2)26(24)42-34(48)18-6-4-16(38)14-22(18)32-44-36(52)56-46-32/h3-10,13-14H,11-12H2,1-2H3,(H2,39,49)(H2,40,50)(H,43,45,51)(H,44,46,52). The van der Waals surface area contributed by atoms with E-state index in [1.54, 1.807) is 48.5 Å². The molecular formula is C36H26Cl2N10O8. The molecule has 0 aliphatic carbocycles. The van der Waals surface area contributed by atoms with E-state index in [1.165, 1.54) is 26.4 Å². The lowest BCUT2D eigenvalue weighted by Crippen LogP contribution is -2.13. The van der Waals surface area contributed by atoms with Crippen LogP contribution in [0, 0.1) is 0 Å². The number of carbonyl (C=O) groups excluding carboxylic acids is 2. The minimum atomic E-state index is -0.780. The fraction of sp³-hybridized carbons (Fsp3) is 0.111. The minimum Gasteiger partial charge on any atom is -0.494 e. The lowest BCUT2D eigenvalue weighted by molar-refractivity contribution is 0.0989. The molecule has 56 heavy (non-hydrogen) atoms. The van der Waals surface area contributed by atoms with E-state index in [-0.39, 0.29) is 47.4 Å². The fourth-order valence-corrected chi connectivity index (χ4v) is 7.05. The van der Waals surface area contributed by atoms with Gasteiger partial charge in [0.1, 0.15) is 22.7 Å². The topological polar surface area (TPSA) is 258 Å². The molecule has 18 nitrogen and oxygen atoms in total. The van der Waals surface area contributed by atoms with Crippen LogP contribution < -0.4 is 32.5 Å². The summed E-state index contributed by atoms with van der Waals surface area (Å²) in [4.78, 5) is 64.1. The van der Waals surface area contributed by atoms with Crippen LogP contribution in [-0.2, 0) is 13.1 Å². The van der Waals surface area contributed by atoms with E-state index in [1.807, 2.05) is 9.13 Å². The van der Waals surface area contributed by atoms with Crippen molar-refractivity contribution in [2.75, 3.05) is 14.2 Å². The number of aromatic amines is 2. The average molecular weight is 798 g/mol. The van der Waals surface area contributed by atoms with Gasteiger partial charge in [-0.05, 0) is 60.7 Å². The lowest BCUT2D eigenvalue weighted by atomic mass is 10.1. The Kier molecular flexibility index (Phi) is 8.90. The molecule has 0 unspecified atom stereocenters. The summed E-state index contributed by atoms with van der Waals surface area (Å²) < 4.78 is 24.7. The molecule has 0 saturated carbocycles. The average Bonchev–Trinajstić information content (AvgIpc) is 3.98. The summed E-state index contributed by atoms with van der Waals surface area (Å²) in [5, 5.41) is 8.46. The van der Waals surface area contributed by atoms with Crippen molar-refractivity contribution < 1.29 is 28.1 Å². The van der Waals surface area contributed by atoms with Crippen molar-refractivity contribution in [3.05, 3.63) is 103 Å². The molecule has 0 fully saturated rings. The smallest absolute Gasteiger partial charge is 0.439 e. The third-order valence-corrected chi connectivity index (χ3v) is 9.54. The first-order valence-corrected chi connectivity index (χ1v) is 17.2. The number of aromatic nitrogens is 8. The second kappa shape index (κ2) is 13.9. The number of primary amides is 2. The molecule has 0 radical (unpaired) electrons. The quantitative estimate of drug-likeness (QED) is 0.140. The van der Waals surface area contributed by atoms with Crippen molar-refractivity contribution in [2.45, 2.75) is 13.1 Å². The molecular weight excluding hydrogens is 771 g/mol. The van der Waals surface area contributed by atoms with Gasteiger partial charge in [0, 0.05) is 45.4 Å². The number of methoxy groups -OCH3 is 2. The number of nitrogens with two attached hydrogens (primary N) is 2. The molecule has 0 bridgehead atoms. The predicted octanol–water partition coefficient (Wildman–Crippen LogP) is 4.63. The number of hydrogen-bond acceptors (Lipinski definition) is 12. The Balaban J connectivity index is 1.38. The van der Waals surface area contributed by atoms with E-state index in [4.69, 9.17) is 63.2 Å². The highest BCUT2D eigenvalue weighted by molar-refractivity contribution is 6.31. The van der Waals surface area contributed by atoms with Crippen molar-refractivity contribution in [2.24, 2.45) is 11.5 Å². The minimum absolute atomic E-state index is 0.0947. The number of halogens is 2. The SMILES string of the molecule is COc1c(C(N)=O)ccc2c1nc(-c1ccc(Cl)cc1-c1noc(=O)[nH]1)n2CCn1c(-c2ccc(Cl)cc2-c2noc(=O)[nH]2)nc2c(OC)c(C(N)=O)ccc21. The molecule has 0 atom stereocenters. The van der Waals surface area contributed by atoms with Crippen LogP contribution in [0.25, 0.3) is 67.6 Å². The highest BCUT2D eigenvalue weighted by Crippen LogP contribution is 2.40. The van der Waals surface area contributed by atoms with Crippen LogP contribution in [0.2, 0.25) is 10.0 Å². The second-order valence-corrected chi connectivity index (χ2v) is 13.1. The van der Waals surface area contributed by atoms with E-state index in [0.29, 0.717) is 66.0 Å². The summed E-state index contributed by atoms with van der Waals surface area (Å²) in [7, 11) is 2.80. The van der Waals surface area contributed by atoms with E-state index in [9.17, 15) is 19.2 Å². The van der Waals surface area contributed by atoms with Gasteiger partial charge in [0.25, 0.3) is 11.8 Å². The maximum atomic E-state index is 12.5. The van der Waals surface area contributed by atoms with Gasteiger partial charge in [-0.25, -0.2) is 19.6 Å². The van der Waals surface area contributed by atoms with Gasteiger partial charge < -0.3 is 30.1 Å². The molecule has 20 heteroatoms. The molecule has 0 aliphatic heterocycles. The Bertz CT molecular complexity index is 2810. The zero-order valence-electron chi connectivity index (χ0n) is 29.0. The number of aryl methyl sites for hydroxylation is 2. The molecule has 4 aromatic heterocycles. The van der Waals surface area contributed by atoms with Crippen molar-refractivity contribution in [1.29, 1.82) is 0 Å². The van der Waals surface area contributed by atoms with Gasteiger partial charge in [-0.15, -0.1) is 0 Å². The number of ether oxygens (including phenoxy) is 2. The van der Waals surface area contributed by atoms with Crippen LogP contribution in [0.3, 0.4) is 0 Å². The van der Waals surface area contributed by atoms with Gasteiger partial charge in [0.2, 0.25) is 0 Å². The molecule has 282 valence electrons. The van der Waals surface area contributed by atoms with Crippen LogP contribution >= 0.6 is 23.2 Å². The normalized spacial score (nSPS) is 11.4. The van der Waals surface area contributed by atoms with Crippen LogP contribution in [-0.4, -0.2) is 65.4 Å². The largest absolute Gasteiger partial charge is 0.494 e. The van der Waals surface area contributed by atoms with Gasteiger partial charge in [-0.2, -0.15) is 0 Å². The number of benzene rings is 4. The van der Waals surface area contributed by atoms with Crippen LogP contribution in [0.5, 0.6) is 11.5 Å². The number of nitrogens with one attached hydrogen (secondary N) is 2. The summed E-state index contributed by atoms with van der Waals surface area (Å²) >= 11 is 12.9. The Morgan fingerprint density at radius 3 is 1.41 bits per heavy atom. The third-order valence-electron chi connectivity index (χ3n) is 9.07. The number of hydrogen-bond donors (Lipinski definition) is 4. The monoisotopic (exact) mass is 796 g/mol. The predicted molar refractivity (Wildman–Crippen MR) is 203 cm³/mol. The molecule has 0 spiro atoms. The molecule has 0 saturated heterocycles. The molecule has 6 N–H and O–H groups in total. The van der Waals surface area contributed by atoms with Crippen LogP contribution in [0.15, 0.2) is 79.3 Å². The van der Waals surface area contributed by atoms with E-state index < -0.39 is 23.3 Å². The summed E-state index contributed by atoms with van der Waals surface area (Å²) in [6, 6.07) is 16.4. The summed E-state index contributed by atoms with van der Waals surface area (Å²) in [5.41, 5.74) is 15.1. The number of amides is 2. The van der Waals surface area contributed by atoms with Crippen molar-refractivity contribution in [3.8, 4) is 57.1 Å². The molecule has 8 rings (SSSR count). The van der Waals surface area contributed by atoms with E-state index >= 15 is 0 Å². The Labute approximate surface area is 322 Å². The first-order chi connectivity index (χ1) is 27.0. The van der Waals surface area contributed by atoms with Crippen molar-refractivity contribution >= 4 is 57.1 Å². The zero-order chi connectivity index (χ0) is 39.4. The maximum absolute atomic E-state index is 12.5. The Hall–Kier alpha value is -7.18. The highest BCUT2D eigenvalue weighted by Gasteiger charge is 2.26. The summed E-state index contributed by atoms with van der Waals surface area (Å²) in [6.45, 7) is 0.342. The van der Waals surface area contributed by atoms with Crippen molar-refractivity contribution in [3.63, 3.8) is 0 Å². The van der Waals surface area contributed by atoms with Gasteiger partial charge >= 0.3 is 11.5 Å². The van der Waals surface area contributed by atoms with Gasteiger partial charge in [0.05, 0.1) is 36.4 Å². The molecule has 8 aromatic rings. The van der Waals surface area contributed by atoms with Crippen LogP contribution in [0.1, 0.15) is 20.7 Å². The second-order valence-electron chi connectivity index (χ2n) is 12.2. The number of H-pyrrole nitrogens is 2. The number of fused-ring (bicyclic) bond motifs is 2. The summed E-state index contributed by atoms with van der Waals surface area (Å²) in [5.74, 6) is -1.80. The number of nitrogens with zero attached hydrogens (tertiary/aromatic N) is 6. The molecule has 4 aromatic carbocycles.